The predicted octanol–water partition coefficient (Wildman–Crippen LogP) is 3.62. The quantitative estimate of drug-likeness (QED) is 0.581. The number of esters is 1. The molecule has 0 radical (unpaired) electrons. The topological polar surface area (TPSA) is 68.3 Å². The maximum absolute atomic E-state index is 12.9. The number of benzene rings is 2. The highest BCUT2D eigenvalue weighted by Gasteiger charge is 2.31. The van der Waals surface area contributed by atoms with Crippen LogP contribution in [0.3, 0.4) is 0 Å². The molecular formula is C23H25F3N2O5. The van der Waals surface area contributed by atoms with Crippen molar-refractivity contribution in [1.82, 2.24) is 4.90 Å². The molecule has 1 fully saturated rings. The number of alkyl halides is 3. The van der Waals surface area contributed by atoms with Gasteiger partial charge in [0, 0.05) is 31.9 Å². The van der Waals surface area contributed by atoms with Crippen LogP contribution >= 0.6 is 0 Å². The van der Waals surface area contributed by atoms with Crippen molar-refractivity contribution >= 4 is 17.6 Å². The first-order chi connectivity index (χ1) is 15.7. The first kappa shape index (κ1) is 24.2. The summed E-state index contributed by atoms with van der Waals surface area (Å²) in [6.07, 6.45) is -4.41. The molecule has 7 nitrogen and oxygen atoms in total. The number of methoxy groups -OCH3 is 1. The van der Waals surface area contributed by atoms with E-state index in [0.29, 0.717) is 50.0 Å². The number of carbonyl (C=O) groups excluding carboxylic acids is 2. The maximum Gasteiger partial charge on any atom is 0.416 e. The van der Waals surface area contributed by atoms with Crippen molar-refractivity contribution in [3.8, 4) is 11.5 Å². The van der Waals surface area contributed by atoms with Gasteiger partial charge in [-0.15, -0.1) is 0 Å². The molecule has 0 bridgehead atoms. The number of rotatable bonds is 7. The van der Waals surface area contributed by atoms with Gasteiger partial charge >= 0.3 is 12.1 Å². The third-order valence-corrected chi connectivity index (χ3v) is 5.20. The lowest BCUT2D eigenvalue weighted by atomic mass is 10.1. The Morgan fingerprint density at radius 2 is 1.73 bits per heavy atom. The molecule has 1 amide bonds. The van der Waals surface area contributed by atoms with Gasteiger partial charge in [-0.25, -0.2) is 4.79 Å². The molecule has 3 rings (SSSR count). The summed E-state index contributed by atoms with van der Waals surface area (Å²) in [5.74, 6) is -0.172. The Hall–Kier alpha value is -3.43. The van der Waals surface area contributed by atoms with Gasteiger partial charge in [0.05, 0.1) is 24.8 Å². The van der Waals surface area contributed by atoms with E-state index in [9.17, 15) is 22.8 Å². The fourth-order valence-corrected chi connectivity index (χ4v) is 3.47. The normalized spacial score (nSPS) is 14.1. The van der Waals surface area contributed by atoms with Crippen LogP contribution in [0.2, 0.25) is 0 Å². The van der Waals surface area contributed by atoms with Crippen LogP contribution in [0.15, 0.2) is 42.5 Å². The van der Waals surface area contributed by atoms with Gasteiger partial charge in [-0.1, -0.05) is 6.07 Å². The molecule has 0 aromatic heterocycles. The Bertz CT molecular complexity index is 988. The van der Waals surface area contributed by atoms with Crippen LogP contribution in [-0.2, 0) is 15.7 Å². The monoisotopic (exact) mass is 466 g/mol. The van der Waals surface area contributed by atoms with Gasteiger partial charge in [0.1, 0.15) is 0 Å². The third kappa shape index (κ3) is 6.09. The number of carbonyl (C=O) groups is 2. The number of ether oxygens (including phenoxy) is 3. The Morgan fingerprint density at radius 3 is 2.36 bits per heavy atom. The van der Waals surface area contributed by atoms with E-state index in [4.69, 9.17) is 14.2 Å². The molecule has 2 aromatic rings. The number of anilines is 1. The lowest BCUT2D eigenvalue weighted by Crippen LogP contribution is -2.50. The molecule has 0 unspecified atom stereocenters. The molecule has 2 aromatic carbocycles. The van der Waals surface area contributed by atoms with Crippen molar-refractivity contribution in [3.63, 3.8) is 0 Å². The zero-order chi connectivity index (χ0) is 24.0. The van der Waals surface area contributed by atoms with Crippen LogP contribution in [-0.4, -0.2) is 63.3 Å². The summed E-state index contributed by atoms with van der Waals surface area (Å²) in [4.78, 5) is 28.1. The van der Waals surface area contributed by atoms with E-state index >= 15 is 0 Å². The van der Waals surface area contributed by atoms with E-state index < -0.39 is 24.3 Å². The standard InChI is InChI=1S/C23H25F3N2O5/c1-3-32-20-13-16(7-8-19(20)31-2)22(30)33-15-21(29)28-11-9-27(10-12-28)18-6-4-5-17(14-18)23(24,25)26/h4-8,13-14H,3,9-12,15H2,1-2H3. The van der Waals surface area contributed by atoms with Gasteiger partial charge in [-0.05, 0) is 43.3 Å². The minimum absolute atomic E-state index is 0.224. The second kappa shape index (κ2) is 10.5. The molecule has 1 aliphatic rings. The number of amides is 1. The van der Waals surface area contributed by atoms with Crippen LogP contribution in [0.1, 0.15) is 22.8 Å². The van der Waals surface area contributed by atoms with E-state index in [2.05, 4.69) is 0 Å². The van der Waals surface area contributed by atoms with Gasteiger partial charge in [0.2, 0.25) is 0 Å². The molecule has 10 heteroatoms. The van der Waals surface area contributed by atoms with Crippen LogP contribution in [0, 0.1) is 0 Å². The molecule has 0 saturated carbocycles. The van der Waals surface area contributed by atoms with Crippen molar-refractivity contribution in [1.29, 1.82) is 0 Å². The summed E-state index contributed by atoms with van der Waals surface area (Å²) in [6, 6.07) is 9.69. The van der Waals surface area contributed by atoms with Crippen molar-refractivity contribution in [3.05, 3.63) is 53.6 Å². The van der Waals surface area contributed by atoms with Crippen molar-refractivity contribution in [2.24, 2.45) is 0 Å². The second-order valence-corrected chi connectivity index (χ2v) is 7.29. The molecule has 178 valence electrons. The first-order valence-electron chi connectivity index (χ1n) is 10.4. The first-order valence-corrected chi connectivity index (χ1v) is 10.4. The van der Waals surface area contributed by atoms with Crippen molar-refractivity contribution in [2.75, 3.05) is 51.4 Å². The molecular weight excluding hydrogens is 441 g/mol. The van der Waals surface area contributed by atoms with Gasteiger partial charge in [0.25, 0.3) is 5.91 Å². The molecule has 1 heterocycles. The zero-order valence-corrected chi connectivity index (χ0v) is 18.4. The number of hydrogen-bond acceptors (Lipinski definition) is 6. The summed E-state index contributed by atoms with van der Waals surface area (Å²) < 4.78 is 54.6. The van der Waals surface area contributed by atoms with E-state index in [1.165, 1.54) is 30.2 Å². The lowest BCUT2D eigenvalue weighted by Gasteiger charge is -2.36. The van der Waals surface area contributed by atoms with E-state index in [1.807, 2.05) is 0 Å². The highest BCUT2D eigenvalue weighted by Crippen LogP contribution is 2.32. The predicted molar refractivity (Wildman–Crippen MR) is 115 cm³/mol. The van der Waals surface area contributed by atoms with Gasteiger partial charge in [-0.2, -0.15) is 13.2 Å². The Balaban J connectivity index is 1.53. The van der Waals surface area contributed by atoms with Crippen LogP contribution in [0.4, 0.5) is 18.9 Å². The van der Waals surface area contributed by atoms with Crippen molar-refractivity contribution < 1.29 is 37.0 Å². The zero-order valence-electron chi connectivity index (χ0n) is 18.4. The SMILES string of the molecule is CCOc1cc(C(=O)OCC(=O)N2CCN(c3cccc(C(F)(F)F)c3)CC2)ccc1OC. The Morgan fingerprint density at radius 1 is 1.00 bits per heavy atom. The number of piperazine rings is 1. The summed E-state index contributed by atoms with van der Waals surface area (Å²) in [6.45, 7) is 3.12. The van der Waals surface area contributed by atoms with Gasteiger partial charge < -0.3 is 24.0 Å². The average Bonchev–Trinajstić information content (AvgIpc) is 2.82. The lowest BCUT2D eigenvalue weighted by molar-refractivity contribution is -0.137. The molecule has 1 saturated heterocycles. The minimum Gasteiger partial charge on any atom is -0.493 e. The highest BCUT2D eigenvalue weighted by atomic mass is 19.4. The average molecular weight is 466 g/mol. The molecule has 0 N–H and O–H groups in total. The summed E-state index contributed by atoms with van der Waals surface area (Å²) >= 11 is 0. The van der Waals surface area contributed by atoms with E-state index in [0.717, 1.165) is 12.1 Å². The summed E-state index contributed by atoms with van der Waals surface area (Å²) in [5.41, 5.74) is -0.0363. The molecule has 1 aliphatic heterocycles. The van der Waals surface area contributed by atoms with E-state index in [1.54, 1.807) is 24.0 Å². The van der Waals surface area contributed by atoms with E-state index in [-0.39, 0.29) is 11.5 Å². The number of halogens is 3. The minimum atomic E-state index is -4.41. The smallest absolute Gasteiger partial charge is 0.416 e. The Kier molecular flexibility index (Phi) is 7.67. The summed E-state index contributed by atoms with van der Waals surface area (Å²) in [7, 11) is 1.49. The molecule has 0 atom stereocenters. The molecule has 33 heavy (non-hydrogen) atoms. The van der Waals surface area contributed by atoms with Crippen molar-refractivity contribution in [2.45, 2.75) is 13.1 Å². The second-order valence-electron chi connectivity index (χ2n) is 7.29. The highest BCUT2D eigenvalue weighted by molar-refractivity contribution is 5.92. The molecule has 0 spiro atoms. The number of nitrogens with zero attached hydrogens (tertiary/aromatic N) is 2. The maximum atomic E-state index is 12.9. The van der Waals surface area contributed by atoms with Gasteiger partial charge in [-0.3, -0.25) is 4.79 Å². The third-order valence-electron chi connectivity index (χ3n) is 5.20. The van der Waals surface area contributed by atoms with Gasteiger partial charge in [0.15, 0.2) is 18.1 Å². The largest absolute Gasteiger partial charge is 0.493 e. The fraction of sp³-hybridized carbons (Fsp3) is 0.391. The Labute approximate surface area is 189 Å². The summed E-state index contributed by atoms with van der Waals surface area (Å²) in [5, 5.41) is 0. The van der Waals surface area contributed by atoms with Crippen LogP contribution in [0.5, 0.6) is 11.5 Å². The van der Waals surface area contributed by atoms with Crippen LogP contribution < -0.4 is 14.4 Å². The number of hydrogen-bond donors (Lipinski definition) is 0. The fourth-order valence-electron chi connectivity index (χ4n) is 3.47. The van der Waals surface area contributed by atoms with Crippen LogP contribution in [0.25, 0.3) is 0 Å². The molecule has 0 aliphatic carbocycles.